The van der Waals surface area contributed by atoms with Crippen LogP contribution in [0.15, 0.2) is 11.6 Å². The van der Waals surface area contributed by atoms with Crippen molar-refractivity contribution in [3.8, 4) is 0 Å². The maximum Gasteiger partial charge on any atom is 0.135 e. The van der Waals surface area contributed by atoms with E-state index in [1.807, 2.05) is 0 Å². The first-order chi connectivity index (χ1) is 10.5. The van der Waals surface area contributed by atoms with Crippen molar-refractivity contribution in [2.24, 2.45) is 40.9 Å². The third-order valence-corrected chi connectivity index (χ3v) is 8.35. The number of ketones is 1. The summed E-state index contributed by atoms with van der Waals surface area (Å²) in [6.45, 7) is 7.00. The summed E-state index contributed by atoms with van der Waals surface area (Å²) in [5.74, 6) is 5.32. The maximum atomic E-state index is 12.1. The van der Waals surface area contributed by atoms with E-state index in [1.165, 1.54) is 44.9 Å². The first-order valence-corrected chi connectivity index (χ1v) is 9.73. The minimum atomic E-state index is 0.336. The standard InChI is InChI=1S/C21H32O/c1-4-15-6-8-19-17-7-5-14-12-20(22)13(2)11-18(14)16(17)9-10-21(15,19)3/h4,13-14,16-19H,5-12H2,1-3H3/t13-,14-,16-,17+,18-,19-,21+/m0/s1. The summed E-state index contributed by atoms with van der Waals surface area (Å²) in [7, 11) is 0. The van der Waals surface area contributed by atoms with E-state index < -0.39 is 0 Å². The molecule has 122 valence electrons. The molecule has 0 unspecified atom stereocenters. The number of hydrogen-bond acceptors (Lipinski definition) is 1. The fraction of sp³-hybridized carbons (Fsp3) is 0.857. The van der Waals surface area contributed by atoms with Crippen molar-refractivity contribution < 1.29 is 4.79 Å². The van der Waals surface area contributed by atoms with E-state index in [1.54, 1.807) is 5.57 Å². The SMILES string of the molecule is CC=C1CC[C@H]2[C@@H]3CC[C@H]4CC(=O)[C@@H](C)C[C@@H]4[C@H]3CC[C@]12C. The molecule has 0 heterocycles. The molecule has 0 saturated heterocycles. The number of hydrogen-bond donors (Lipinski definition) is 0. The van der Waals surface area contributed by atoms with E-state index in [0.29, 0.717) is 17.1 Å². The van der Waals surface area contributed by atoms with Crippen molar-refractivity contribution in [3.63, 3.8) is 0 Å². The molecule has 1 heteroatoms. The Morgan fingerprint density at radius 1 is 1.09 bits per heavy atom. The number of fused-ring (bicyclic) bond motifs is 5. The Morgan fingerprint density at radius 3 is 2.68 bits per heavy atom. The summed E-state index contributed by atoms with van der Waals surface area (Å²) in [5.41, 5.74) is 2.27. The van der Waals surface area contributed by atoms with E-state index >= 15 is 0 Å². The largest absolute Gasteiger partial charge is 0.299 e. The lowest BCUT2D eigenvalue weighted by atomic mass is 9.49. The second kappa shape index (κ2) is 5.21. The topological polar surface area (TPSA) is 17.1 Å². The Hall–Kier alpha value is -0.590. The van der Waals surface area contributed by atoms with Crippen LogP contribution in [-0.2, 0) is 4.79 Å². The van der Waals surface area contributed by atoms with Gasteiger partial charge in [-0.05, 0) is 86.9 Å². The number of rotatable bonds is 0. The van der Waals surface area contributed by atoms with Crippen LogP contribution in [0.2, 0.25) is 0 Å². The van der Waals surface area contributed by atoms with Crippen LogP contribution >= 0.6 is 0 Å². The highest BCUT2D eigenvalue weighted by atomic mass is 16.1. The van der Waals surface area contributed by atoms with Gasteiger partial charge in [-0.2, -0.15) is 0 Å². The normalized spacial score (nSPS) is 53.0. The second-order valence-corrected chi connectivity index (χ2v) is 9.05. The van der Waals surface area contributed by atoms with Crippen LogP contribution in [0.3, 0.4) is 0 Å². The van der Waals surface area contributed by atoms with Crippen molar-refractivity contribution in [3.05, 3.63) is 11.6 Å². The van der Waals surface area contributed by atoms with Crippen molar-refractivity contribution in [2.75, 3.05) is 0 Å². The predicted octanol–water partition coefficient (Wildman–Crippen LogP) is 5.40. The van der Waals surface area contributed by atoms with Gasteiger partial charge in [0.15, 0.2) is 0 Å². The molecule has 0 spiro atoms. The van der Waals surface area contributed by atoms with Gasteiger partial charge in [-0.1, -0.05) is 25.5 Å². The van der Waals surface area contributed by atoms with Crippen LogP contribution in [0.25, 0.3) is 0 Å². The van der Waals surface area contributed by atoms with Crippen molar-refractivity contribution in [1.82, 2.24) is 0 Å². The molecule has 4 saturated carbocycles. The molecule has 22 heavy (non-hydrogen) atoms. The average molecular weight is 300 g/mol. The highest BCUT2D eigenvalue weighted by molar-refractivity contribution is 5.81. The zero-order chi connectivity index (χ0) is 15.5. The molecule has 7 atom stereocenters. The molecule has 0 aromatic carbocycles. The Morgan fingerprint density at radius 2 is 1.91 bits per heavy atom. The lowest BCUT2D eigenvalue weighted by molar-refractivity contribution is -0.131. The molecule has 0 amide bonds. The van der Waals surface area contributed by atoms with Crippen LogP contribution in [0.1, 0.15) is 72.1 Å². The Balaban J connectivity index is 1.60. The van der Waals surface area contributed by atoms with Gasteiger partial charge in [-0.3, -0.25) is 4.79 Å². The molecular formula is C21H32O. The summed E-state index contributed by atoms with van der Waals surface area (Å²) in [6.07, 6.45) is 12.9. The number of carbonyl (C=O) groups excluding carboxylic acids is 1. The highest BCUT2D eigenvalue weighted by Crippen LogP contribution is 2.64. The van der Waals surface area contributed by atoms with Gasteiger partial charge in [0.2, 0.25) is 0 Å². The van der Waals surface area contributed by atoms with Gasteiger partial charge in [0, 0.05) is 12.3 Å². The highest BCUT2D eigenvalue weighted by Gasteiger charge is 2.55. The van der Waals surface area contributed by atoms with Crippen molar-refractivity contribution in [2.45, 2.75) is 72.1 Å². The zero-order valence-electron chi connectivity index (χ0n) is 14.6. The van der Waals surface area contributed by atoms with Gasteiger partial charge >= 0.3 is 0 Å². The van der Waals surface area contributed by atoms with Gasteiger partial charge in [0.25, 0.3) is 0 Å². The molecule has 4 rings (SSSR count). The first-order valence-electron chi connectivity index (χ1n) is 9.73. The fourth-order valence-corrected chi connectivity index (χ4v) is 7.18. The van der Waals surface area contributed by atoms with Gasteiger partial charge < -0.3 is 0 Å². The van der Waals surface area contributed by atoms with Gasteiger partial charge in [-0.25, -0.2) is 0 Å². The van der Waals surface area contributed by atoms with Gasteiger partial charge in [0.05, 0.1) is 0 Å². The molecule has 4 fully saturated rings. The fourth-order valence-electron chi connectivity index (χ4n) is 7.18. The molecule has 0 radical (unpaired) electrons. The molecule has 4 aliphatic rings. The van der Waals surface area contributed by atoms with Crippen LogP contribution in [0.5, 0.6) is 0 Å². The van der Waals surface area contributed by atoms with E-state index in [4.69, 9.17) is 0 Å². The summed E-state index contributed by atoms with van der Waals surface area (Å²) in [4.78, 5) is 12.1. The Kier molecular flexibility index (Phi) is 3.55. The van der Waals surface area contributed by atoms with Crippen molar-refractivity contribution >= 4 is 5.78 Å². The van der Waals surface area contributed by atoms with E-state index in [-0.39, 0.29) is 0 Å². The molecule has 0 aromatic rings. The molecule has 0 aliphatic heterocycles. The summed E-state index contributed by atoms with van der Waals surface area (Å²) in [6, 6.07) is 0. The minimum Gasteiger partial charge on any atom is -0.299 e. The third-order valence-electron chi connectivity index (χ3n) is 8.35. The summed E-state index contributed by atoms with van der Waals surface area (Å²) in [5, 5.41) is 0. The minimum absolute atomic E-state index is 0.336. The van der Waals surface area contributed by atoms with E-state index in [0.717, 1.165) is 36.0 Å². The molecule has 1 nitrogen and oxygen atoms in total. The smallest absolute Gasteiger partial charge is 0.135 e. The van der Waals surface area contributed by atoms with E-state index in [9.17, 15) is 4.79 Å². The average Bonchev–Trinajstić information content (AvgIpc) is 2.85. The predicted molar refractivity (Wildman–Crippen MR) is 90.4 cm³/mol. The van der Waals surface area contributed by atoms with Crippen molar-refractivity contribution in [1.29, 1.82) is 0 Å². The van der Waals surface area contributed by atoms with E-state index in [2.05, 4.69) is 26.8 Å². The Labute approximate surface area is 135 Å². The van der Waals surface area contributed by atoms with Crippen LogP contribution in [0.4, 0.5) is 0 Å². The number of Topliss-reactive ketones (excluding diaryl/α,β-unsaturated/α-hetero) is 1. The third kappa shape index (κ3) is 2.00. The summed E-state index contributed by atoms with van der Waals surface area (Å²) < 4.78 is 0. The van der Waals surface area contributed by atoms with Crippen LogP contribution in [0, 0.1) is 40.9 Å². The quantitative estimate of drug-likeness (QED) is 0.547. The van der Waals surface area contributed by atoms with Gasteiger partial charge in [0.1, 0.15) is 5.78 Å². The second-order valence-electron chi connectivity index (χ2n) is 9.05. The molecule has 0 aromatic heterocycles. The van der Waals surface area contributed by atoms with Crippen LogP contribution in [-0.4, -0.2) is 5.78 Å². The zero-order valence-corrected chi connectivity index (χ0v) is 14.6. The molecule has 4 aliphatic carbocycles. The molecular weight excluding hydrogens is 268 g/mol. The number of allylic oxidation sites excluding steroid dienone is 2. The molecule has 0 N–H and O–H groups in total. The Bertz CT molecular complexity index is 504. The lowest BCUT2D eigenvalue weighted by Gasteiger charge is -2.55. The van der Waals surface area contributed by atoms with Crippen LogP contribution < -0.4 is 0 Å². The first kappa shape index (κ1) is 15.0. The van der Waals surface area contributed by atoms with Gasteiger partial charge in [-0.15, -0.1) is 0 Å². The summed E-state index contributed by atoms with van der Waals surface area (Å²) >= 11 is 0. The maximum absolute atomic E-state index is 12.1. The monoisotopic (exact) mass is 300 g/mol. The lowest BCUT2D eigenvalue weighted by Crippen LogP contribution is -2.48. The molecule has 0 bridgehead atoms. The number of carbonyl (C=O) groups is 1.